The van der Waals surface area contributed by atoms with Crippen LogP contribution < -0.4 is 14.8 Å². The van der Waals surface area contributed by atoms with Crippen molar-refractivity contribution >= 4 is 13.5 Å². The van der Waals surface area contributed by atoms with Gasteiger partial charge in [0.15, 0.2) is 6.61 Å². The highest BCUT2D eigenvalue weighted by molar-refractivity contribution is 7.57. The SMILES string of the molecule is CCCCCCCCCC(=O)N[C@@H](C=CP(=O)(OCC)OCC)Cc1ccc(OCc2cc(OCC(F)(F)F)ccn2)cc1. The van der Waals surface area contributed by atoms with Crippen molar-refractivity contribution in [3.8, 4) is 11.5 Å². The first-order valence-corrected chi connectivity index (χ1v) is 16.9. The number of carbonyl (C=O) groups is 1. The van der Waals surface area contributed by atoms with Gasteiger partial charge in [-0.25, -0.2) is 0 Å². The van der Waals surface area contributed by atoms with Crippen LogP contribution in [0.2, 0.25) is 0 Å². The average Bonchev–Trinajstić information content (AvgIpc) is 2.98. The summed E-state index contributed by atoms with van der Waals surface area (Å²) in [5.41, 5.74) is 1.31. The van der Waals surface area contributed by atoms with Crippen molar-refractivity contribution in [2.75, 3.05) is 19.8 Å². The van der Waals surface area contributed by atoms with Gasteiger partial charge < -0.3 is 23.8 Å². The van der Waals surface area contributed by atoms with E-state index in [1.54, 1.807) is 32.1 Å². The Hall–Kier alpha value is -2.88. The van der Waals surface area contributed by atoms with Crippen LogP contribution in [-0.2, 0) is 31.4 Å². The number of nitrogens with one attached hydrogen (secondary N) is 1. The second-order valence-electron chi connectivity index (χ2n) is 10.3. The first-order valence-electron chi connectivity index (χ1n) is 15.3. The number of unbranched alkanes of at least 4 members (excludes halogenated alkanes) is 6. The molecule has 12 heteroatoms. The molecule has 1 N–H and O–H groups in total. The minimum atomic E-state index is -4.43. The summed E-state index contributed by atoms with van der Waals surface area (Å²) in [4.78, 5) is 16.9. The van der Waals surface area contributed by atoms with Crippen molar-refractivity contribution in [1.29, 1.82) is 0 Å². The lowest BCUT2D eigenvalue weighted by molar-refractivity contribution is -0.153. The Morgan fingerprint density at radius 2 is 1.59 bits per heavy atom. The van der Waals surface area contributed by atoms with Crippen LogP contribution in [0, 0.1) is 0 Å². The fraction of sp³-hybridized carbons (Fsp3) is 0.562. The molecule has 0 aliphatic rings. The second kappa shape index (κ2) is 20.2. The molecular formula is C32H46F3N2O6P. The topological polar surface area (TPSA) is 96.0 Å². The van der Waals surface area contributed by atoms with Gasteiger partial charge in [-0.15, -0.1) is 0 Å². The van der Waals surface area contributed by atoms with Gasteiger partial charge in [0.25, 0.3) is 0 Å². The van der Waals surface area contributed by atoms with E-state index in [-0.39, 0.29) is 31.5 Å². The molecule has 0 spiro atoms. The molecule has 1 atom stereocenters. The van der Waals surface area contributed by atoms with Crippen LogP contribution in [0.25, 0.3) is 0 Å². The number of carbonyl (C=O) groups excluding carboxylic acids is 1. The van der Waals surface area contributed by atoms with Crippen molar-refractivity contribution in [3.63, 3.8) is 0 Å². The highest BCUT2D eigenvalue weighted by Crippen LogP contribution is 2.49. The van der Waals surface area contributed by atoms with E-state index < -0.39 is 26.4 Å². The zero-order valence-electron chi connectivity index (χ0n) is 25.9. The molecule has 0 saturated heterocycles. The van der Waals surface area contributed by atoms with Gasteiger partial charge in [-0.1, -0.05) is 63.7 Å². The van der Waals surface area contributed by atoms with E-state index in [0.717, 1.165) is 24.8 Å². The third kappa shape index (κ3) is 16.3. The molecule has 0 unspecified atom stereocenters. The fourth-order valence-corrected chi connectivity index (χ4v) is 5.69. The monoisotopic (exact) mass is 642 g/mol. The predicted octanol–water partition coefficient (Wildman–Crippen LogP) is 8.55. The van der Waals surface area contributed by atoms with Gasteiger partial charge in [0.1, 0.15) is 18.1 Å². The summed E-state index contributed by atoms with van der Waals surface area (Å²) in [7, 11) is -3.45. The van der Waals surface area contributed by atoms with Gasteiger partial charge >= 0.3 is 13.8 Å². The zero-order valence-corrected chi connectivity index (χ0v) is 26.8. The molecule has 2 rings (SSSR count). The van der Waals surface area contributed by atoms with Gasteiger partial charge in [0.2, 0.25) is 5.91 Å². The van der Waals surface area contributed by atoms with E-state index in [1.807, 2.05) is 12.1 Å². The van der Waals surface area contributed by atoms with E-state index in [9.17, 15) is 22.5 Å². The van der Waals surface area contributed by atoms with Crippen molar-refractivity contribution < 1.29 is 41.1 Å². The number of benzene rings is 1. The van der Waals surface area contributed by atoms with Gasteiger partial charge in [-0.3, -0.25) is 14.3 Å². The van der Waals surface area contributed by atoms with E-state index >= 15 is 0 Å². The van der Waals surface area contributed by atoms with Gasteiger partial charge in [0.05, 0.1) is 24.9 Å². The third-order valence-corrected chi connectivity index (χ3v) is 8.20. The smallest absolute Gasteiger partial charge is 0.422 e. The standard InChI is InChI=1S/C32H46F3N2O6P/c1-4-7-8-9-10-11-12-13-31(38)37-27(19-21-44(39,42-5-2)43-6-3)22-26-14-16-29(17-15-26)40-24-28-23-30(18-20-36-28)41-25-32(33,34)35/h14-21,23,27H,4-13,22,24-25H2,1-3H3,(H,37,38)/t27-/m0/s1. The minimum Gasteiger partial charge on any atom is -0.487 e. The quantitative estimate of drug-likeness (QED) is 0.102. The number of hydrogen-bond donors (Lipinski definition) is 1. The van der Waals surface area contributed by atoms with Gasteiger partial charge in [-0.2, -0.15) is 13.2 Å². The molecule has 8 nitrogen and oxygen atoms in total. The van der Waals surface area contributed by atoms with Crippen molar-refractivity contribution in [3.05, 3.63) is 65.7 Å². The van der Waals surface area contributed by atoms with E-state index in [0.29, 0.717) is 24.3 Å². The molecule has 0 aliphatic carbocycles. The Labute approximate surface area is 259 Å². The van der Waals surface area contributed by atoms with Crippen LogP contribution in [0.4, 0.5) is 13.2 Å². The van der Waals surface area contributed by atoms with E-state index in [4.69, 9.17) is 18.5 Å². The first kappa shape index (κ1) is 37.3. The molecule has 0 aliphatic heterocycles. The Balaban J connectivity index is 2.00. The van der Waals surface area contributed by atoms with Crippen molar-refractivity contribution in [1.82, 2.24) is 10.3 Å². The number of nitrogens with zero attached hydrogens (tertiary/aromatic N) is 1. The molecular weight excluding hydrogens is 596 g/mol. The zero-order chi connectivity index (χ0) is 32.3. The second-order valence-corrected chi connectivity index (χ2v) is 12.2. The molecule has 0 fully saturated rings. The van der Waals surface area contributed by atoms with Crippen LogP contribution in [-0.4, -0.2) is 42.9 Å². The fourth-order valence-electron chi connectivity index (χ4n) is 4.30. The summed E-state index contributed by atoms with van der Waals surface area (Å²) in [5.74, 6) is 1.92. The molecule has 0 radical (unpaired) electrons. The van der Waals surface area contributed by atoms with Crippen LogP contribution in [0.1, 0.15) is 83.4 Å². The highest BCUT2D eigenvalue weighted by Gasteiger charge is 2.28. The Bertz CT molecular complexity index is 1170. The molecule has 246 valence electrons. The molecule has 1 amide bonds. The molecule has 1 aromatic carbocycles. The highest BCUT2D eigenvalue weighted by atomic mass is 31.2. The number of rotatable bonds is 22. The number of amides is 1. The molecule has 0 bridgehead atoms. The predicted molar refractivity (Wildman–Crippen MR) is 165 cm³/mol. The maximum atomic E-state index is 13.0. The largest absolute Gasteiger partial charge is 0.487 e. The van der Waals surface area contributed by atoms with Gasteiger partial charge in [0, 0.05) is 24.5 Å². The number of hydrogen-bond acceptors (Lipinski definition) is 7. The lowest BCUT2D eigenvalue weighted by Crippen LogP contribution is -2.34. The van der Waals surface area contributed by atoms with Crippen LogP contribution in [0.15, 0.2) is 54.5 Å². The summed E-state index contributed by atoms with van der Waals surface area (Å²) in [5, 5.41) is 3.04. The first-order chi connectivity index (χ1) is 21.1. The average molecular weight is 643 g/mol. The van der Waals surface area contributed by atoms with Crippen LogP contribution in [0.3, 0.4) is 0 Å². The number of pyridine rings is 1. The summed E-state index contributed by atoms with van der Waals surface area (Å²) in [6.45, 7) is 4.75. The van der Waals surface area contributed by atoms with E-state index in [1.165, 1.54) is 49.8 Å². The maximum Gasteiger partial charge on any atom is 0.422 e. The normalized spacial score (nSPS) is 12.8. The number of aromatic nitrogens is 1. The van der Waals surface area contributed by atoms with Crippen molar-refractivity contribution in [2.45, 2.75) is 97.4 Å². The molecule has 0 saturated carbocycles. The molecule has 1 heterocycles. The summed E-state index contributed by atoms with van der Waals surface area (Å²) in [6, 6.07) is 9.51. The molecule has 44 heavy (non-hydrogen) atoms. The van der Waals surface area contributed by atoms with Crippen LogP contribution >= 0.6 is 7.60 Å². The third-order valence-electron chi connectivity index (χ3n) is 6.43. The molecule has 1 aromatic heterocycles. The maximum absolute atomic E-state index is 13.0. The summed E-state index contributed by atoms with van der Waals surface area (Å²) < 4.78 is 71.5. The summed E-state index contributed by atoms with van der Waals surface area (Å²) >= 11 is 0. The number of ether oxygens (including phenoxy) is 2. The number of alkyl halides is 3. The van der Waals surface area contributed by atoms with Gasteiger partial charge in [-0.05, 0) is 50.5 Å². The molecule has 2 aromatic rings. The van der Waals surface area contributed by atoms with Crippen LogP contribution in [0.5, 0.6) is 11.5 Å². The Morgan fingerprint density at radius 1 is 0.932 bits per heavy atom. The minimum absolute atomic E-state index is 0.0345. The lowest BCUT2D eigenvalue weighted by Gasteiger charge is -2.18. The summed E-state index contributed by atoms with van der Waals surface area (Å²) in [6.07, 6.45) is 7.21. The number of halogens is 3. The Kier molecular flexibility index (Phi) is 17.1. The lowest BCUT2D eigenvalue weighted by atomic mass is 10.0. The van der Waals surface area contributed by atoms with Crippen molar-refractivity contribution in [2.24, 2.45) is 0 Å². The Morgan fingerprint density at radius 3 is 2.23 bits per heavy atom. The van der Waals surface area contributed by atoms with E-state index in [2.05, 4.69) is 17.2 Å².